The number of ether oxygens (including phenoxy) is 1. The van der Waals surface area contributed by atoms with Crippen molar-refractivity contribution in [3.8, 4) is 0 Å². The second-order valence-electron chi connectivity index (χ2n) is 5.38. The molecule has 6 heteroatoms. The lowest BCUT2D eigenvalue weighted by Crippen LogP contribution is -2.34. The highest BCUT2D eigenvalue weighted by molar-refractivity contribution is 5.92. The molecule has 0 fully saturated rings. The van der Waals surface area contributed by atoms with E-state index in [1.54, 1.807) is 19.6 Å². The van der Waals surface area contributed by atoms with Crippen molar-refractivity contribution in [2.45, 2.75) is 26.8 Å². The number of nitrogens with two attached hydrogens (primary N) is 1. The molecule has 0 aromatic carbocycles. The summed E-state index contributed by atoms with van der Waals surface area (Å²) < 4.78 is 6.87. The summed E-state index contributed by atoms with van der Waals surface area (Å²) in [7, 11) is 1.68. The molecular weight excluding hydrogens is 244 g/mol. The highest BCUT2D eigenvalue weighted by Crippen LogP contribution is 2.18. The van der Waals surface area contributed by atoms with Gasteiger partial charge in [0.1, 0.15) is 5.69 Å². The van der Waals surface area contributed by atoms with Gasteiger partial charge in [-0.2, -0.15) is 0 Å². The summed E-state index contributed by atoms with van der Waals surface area (Å²) >= 11 is 0. The Kier molecular flexibility index (Phi) is 5.98. The number of methoxy groups -OCH3 is 1. The van der Waals surface area contributed by atoms with Crippen LogP contribution < -0.4 is 11.1 Å². The standard InChI is InChI=1S/C13H24N4O2/c1-13(2,4-7-19-3)9-15-12(18)11-8-17(6-5-14)10-16-11/h8,10H,4-7,9,14H2,1-3H3,(H,15,18). The number of hydrogen-bond acceptors (Lipinski definition) is 4. The third-order valence-electron chi connectivity index (χ3n) is 2.96. The van der Waals surface area contributed by atoms with E-state index in [0.717, 1.165) is 6.42 Å². The van der Waals surface area contributed by atoms with Crippen LogP contribution in [0.4, 0.5) is 0 Å². The summed E-state index contributed by atoms with van der Waals surface area (Å²) in [6.07, 6.45) is 4.23. The molecule has 1 aromatic rings. The molecule has 1 heterocycles. The summed E-state index contributed by atoms with van der Waals surface area (Å²) in [6.45, 7) is 6.67. The quantitative estimate of drug-likeness (QED) is 0.724. The molecule has 19 heavy (non-hydrogen) atoms. The Morgan fingerprint density at radius 3 is 2.95 bits per heavy atom. The van der Waals surface area contributed by atoms with Gasteiger partial charge in [0.15, 0.2) is 0 Å². The lowest BCUT2D eigenvalue weighted by molar-refractivity contribution is 0.0916. The summed E-state index contributed by atoms with van der Waals surface area (Å²) in [5.74, 6) is -0.152. The number of nitrogens with one attached hydrogen (secondary N) is 1. The molecule has 0 radical (unpaired) electrons. The van der Waals surface area contributed by atoms with Gasteiger partial charge >= 0.3 is 0 Å². The number of nitrogens with zero attached hydrogens (tertiary/aromatic N) is 2. The van der Waals surface area contributed by atoms with E-state index >= 15 is 0 Å². The average molecular weight is 268 g/mol. The van der Waals surface area contributed by atoms with Crippen molar-refractivity contribution in [2.75, 3.05) is 26.8 Å². The van der Waals surface area contributed by atoms with E-state index in [9.17, 15) is 4.79 Å². The van der Waals surface area contributed by atoms with Gasteiger partial charge in [0.25, 0.3) is 5.91 Å². The Bertz CT molecular complexity index is 401. The maximum atomic E-state index is 11.9. The second kappa shape index (κ2) is 7.25. The Labute approximate surface area is 114 Å². The fourth-order valence-electron chi connectivity index (χ4n) is 1.63. The van der Waals surface area contributed by atoms with Crippen LogP contribution in [0.1, 0.15) is 30.8 Å². The van der Waals surface area contributed by atoms with Crippen LogP contribution in [0.25, 0.3) is 0 Å². The van der Waals surface area contributed by atoms with Gasteiger partial charge in [-0.25, -0.2) is 4.98 Å². The number of carbonyl (C=O) groups excluding carboxylic acids is 1. The minimum absolute atomic E-state index is 0.00545. The fraction of sp³-hybridized carbons (Fsp3) is 0.692. The largest absolute Gasteiger partial charge is 0.385 e. The van der Waals surface area contributed by atoms with E-state index < -0.39 is 0 Å². The highest BCUT2D eigenvalue weighted by Gasteiger charge is 2.19. The van der Waals surface area contributed by atoms with Gasteiger partial charge in [0.05, 0.1) is 6.33 Å². The molecule has 1 rings (SSSR count). The lowest BCUT2D eigenvalue weighted by atomic mass is 9.90. The zero-order valence-electron chi connectivity index (χ0n) is 12.0. The molecule has 1 amide bonds. The number of carbonyl (C=O) groups is 1. The Hall–Kier alpha value is -1.40. The smallest absolute Gasteiger partial charge is 0.271 e. The first-order valence-electron chi connectivity index (χ1n) is 6.47. The van der Waals surface area contributed by atoms with Gasteiger partial charge in [-0.05, 0) is 11.8 Å². The monoisotopic (exact) mass is 268 g/mol. The maximum absolute atomic E-state index is 11.9. The Balaban J connectivity index is 2.45. The topological polar surface area (TPSA) is 82.2 Å². The van der Waals surface area contributed by atoms with Crippen LogP contribution in [0.3, 0.4) is 0 Å². The van der Waals surface area contributed by atoms with Gasteiger partial charge in [-0.1, -0.05) is 13.8 Å². The summed E-state index contributed by atoms with van der Waals surface area (Å²) in [4.78, 5) is 16.0. The van der Waals surface area contributed by atoms with Crippen LogP contribution in [0.5, 0.6) is 0 Å². The van der Waals surface area contributed by atoms with E-state index in [4.69, 9.17) is 10.5 Å². The Morgan fingerprint density at radius 1 is 1.58 bits per heavy atom. The van der Waals surface area contributed by atoms with Crippen molar-refractivity contribution in [2.24, 2.45) is 11.1 Å². The van der Waals surface area contributed by atoms with Gasteiger partial charge in [-0.3, -0.25) is 4.79 Å². The number of hydrogen-bond donors (Lipinski definition) is 2. The van der Waals surface area contributed by atoms with E-state index in [2.05, 4.69) is 24.1 Å². The summed E-state index contributed by atoms with van der Waals surface area (Å²) in [5, 5.41) is 2.90. The van der Waals surface area contributed by atoms with Crippen molar-refractivity contribution in [1.82, 2.24) is 14.9 Å². The van der Waals surface area contributed by atoms with Crippen LogP contribution in [0.15, 0.2) is 12.5 Å². The van der Waals surface area contributed by atoms with E-state index in [0.29, 0.717) is 31.9 Å². The normalized spacial score (nSPS) is 11.6. The number of rotatable bonds is 8. The van der Waals surface area contributed by atoms with E-state index in [-0.39, 0.29) is 11.3 Å². The lowest BCUT2D eigenvalue weighted by Gasteiger charge is -2.24. The SMILES string of the molecule is COCCC(C)(C)CNC(=O)c1cn(CCN)cn1. The van der Waals surface area contributed by atoms with Crippen molar-refractivity contribution >= 4 is 5.91 Å². The van der Waals surface area contributed by atoms with E-state index in [1.165, 1.54) is 0 Å². The minimum atomic E-state index is -0.152. The van der Waals surface area contributed by atoms with Crippen LogP contribution in [0, 0.1) is 5.41 Å². The molecule has 0 aliphatic rings. The highest BCUT2D eigenvalue weighted by atomic mass is 16.5. The fourth-order valence-corrected chi connectivity index (χ4v) is 1.63. The van der Waals surface area contributed by atoms with Crippen molar-refractivity contribution in [3.05, 3.63) is 18.2 Å². The van der Waals surface area contributed by atoms with Crippen LogP contribution in [-0.2, 0) is 11.3 Å². The number of amides is 1. The Morgan fingerprint density at radius 2 is 2.32 bits per heavy atom. The van der Waals surface area contributed by atoms with E-state index in [1.807, 2.05) is 4.57 Å². The van der Waals surface area contributed by atoms with Crippen molar-refractivity contribution < 1.29 is 9.53 Å². The van der Waals surface area contributed by atoms with Gasteiger partial charge in [0, 0.05) is 39.5 Å². The molecule has 0 aliphatic carbocycles. The second-order valence-corrected chi connectivity index (χ2v) is 5.38. The van der Waals surface area contributed by atoms with Crippen molar-refractivity contribution in [3.63, 3.8) is 0 Å². The van der Waals surface area contributed by atoms with Crippen LogP contribution in [-0.4, -0.2) is 42.3 Å². The molecule has 3 N–H and O–H groups in total. The van der Waals surface area contributed by atoms with Gasteiger partial charge < -0.3 is 20.4 Å². The first-order valence-corrected chi connectivity index (χ1v) is 6.47. The molecule has 1 aromatic heterocycles. The molecule has 0 atom stereocenters. The minimum Gasteiger partial charge on any atom is -0.385 e. The maximum Gasteiger partial charge on any atom is 0.271 e. The molecular formula is C13H24N4O2. The molecule has 108 valence electrons. The molecule has 0 unspecified atom stereocenters. The first-order chi connectivity index (χ1) is 8.98. The predicted octanol–water partition coefficient (Wildman–Crippen LogP) is 0.634. The van der Waals surface area contributed by atoms with Gasteiger partial charge in [0.2, 0.25) is 0 Å². The van der Waals surface area contributed by atoms with Crippen LogP contribution in [0.2, 0.25) is 0 Å². The summed E-state index contributed by atoms with van der Waals surface area (Å²) in [6, 6.07) is 0. The predicted molar refractivity (Wildman–Crippen MR) is 73.9 cm³/mol. The third kappa shape index (κ3) is 5.40. The zero-order chi connectivity index (χ0) is 14.3. The molecule has 0 spiro atoms. The number of aromatic nitrogens is 2. The average Bonchev–Trinajstić information content (AvgIpc) is 2.83. The first kappa shape index (κ1) is 15.7. The molecule has 0 saturated heterocycles. The number of imidazole rings is 1. The van der Waals surface area contributed by atoms with Gasteiger partial charge in [-0.15, -0.1) is 0 Å². The van der Waals surface area contributed by atoms with Crippen LogP contribution >= 0.6 is 0 Å². The third-order valence-corrected chi connectivity index (χ3v) is 2.96. The van der Waals surface area contributed by atoms with Crippen molar-refractivity contribution in [1.29, 1.82) is 0 Å². The molecule has 6 nitrogen and oxygen atoms in total. The zero-order valence-corrected chi connectivity index (χ0v) is 12.0. The molecule has 0 saturated carbocycles. The summed E-state index contributed by atoms with van der Waals surface area (Å²) in [5.41, 5.74) is 5.88. The molecule has 0 aliphatic heterocycles. The molecule has 0 bridgehead atoms.